The number of hydrogen-bond acceptors (Lipinski definition) is 3. The van der Waals surface area contributed by atoms with Crippen LogP contribution >= 0.6 is 0 Å². The van der Waals surface area contributed by atoms with Crippen molar-refractivity contribution in [2.24, 2.45) is 0 Å². The summed E-state index contributed by atoms with van der Waals surface area (Å²) in [6, 6.07) is 17.8. The molecule has 1 aliphatic carbocycles. The van der Waals surface area contributed by atoms with E-state index >= 15 is 0 Å². The highest BCUT2D eigenvalue weighted by molar-refractivity contribution is 5.94. The zero-order valence-corrected chi connectivity index (χ0v) is 15.9. The Hall–Kier alpha value is -3.14. The minimum atomic E-state index is -0.0229. The first kappa shape index (κ1) is 18.2. The number of rotatable bonds is 6. The predicted octanol–water partition coefficient (Wildman–Crippen LogP) is 4.47. The van der Waals surface area contributed by atoms with Crippen LogP contribution in [-0.2, 0) is 26.0 Å². The second-order valence-electron chi connectivity index (χ2n) is 7.17. The third-order valence-corrected chi connectivity index (χ3v) is 5.12. The van der Waals surface area contributed by atoms with E-state index in [2.05, 4.69) is 22.4 Å². The summed E-state index contributed by atoms with van der Waals surface area (Å²) in [6.07, 6.45) is 8.22. The van der Waals surface area contributed by atoms with Gasteiger partial charge in [0.25, 0.3) is 5.91 Å². The monoisotopic (exact) mass is 372 g/mol. The molecule has 1 N–H and O–H groups in total. The van der Waals surface area contributed by atoms with E-state index in [-0.39, 0.29) is 5.91 Å². The number of carbonyl (C=O) groups is 1. The van der Waals surface area contributed by atoms with E-state index < -0.39 is 0 Å². The molecule has 0 unspecified atom stereocenters. The molecule has 142 valence electrons. The van der Waals surface area contributed by atoms with Crippen molar-refractivity contribution < 1.29 is 9.53 Å². The summed E-state index contributed by atoms with van der Waals surface area (Å²) >= 11 is 0. The molecule has 1 aromatic heterocycles. The molecule has 1 amide bonds. The fourth-order valence-electron chi connectivity index (χ4n) is 3.51. The highest BCUT2D eigenvalue weighted by Gasteiger charge is 2.12. The van der Waals surface area contributed by atoms with E-state index in [0.717, 1.165) is 35.3 Å². The molecule has 4 heteroatoms. The number of aryl methyl sites for hydroxylation is 2. The molecule has 0 bridgehead atoms. The number of fused-ring (bicyclic) bond motifs is 1. The fourth-order valence-corrected chi connectivity index (χ4v) is 3.51. The molecule has 4 rings (SSSR count). The lowest BCUT2D eigenvalue weighted by Gasteiger charge is -2.16. The summed E-state index contributed by atoms with van der Waals surface area (Å²) in [5.41, 5.74) is 5.54. The lowest BCUT2D eigenvalue weighted by Crippen LogP contribution is -2.23. The molecule has 0 saturated carbocycles. The second-order valence-corrected chi connectivity index (χ2v) is 7.17. The van der Waals surface area contributed by atoms with Gasteiger partial charge in [0.2, 0.25) is 0 Å². The Bertz CT molecular complexity index is 937. The van der Waals surface area contributed by atoms with Gasteiger partial charge in [-0.15, -0.1) is 0 Å². The van der Waals surface area contributed by atoms with E-state index in [4.69, 9.17) is 4.74 Å². The van der Waals surface area contributed by atoms with Crippen molar-refractivity contribution in [1.82, 2.24) is 10.3 Å². The SMILES string of the molecule is O=C(NCc1ccc(OCc2cccnc2)cc1)c1ccc2c(c1)CCCC2. The Labute approximate surface area is 165 Å². The normalized spacial score (nSPS) is 12.9. The van der Waals surface area contributed by atoms with Crippen molar-refractivity contribution in [3.8, 4) is 5.75 Å². The van der Waals surface area contributed by atoms with Crippen molar-refractivity contribution in [2.75, 3.05) is 0 Å². The number of pyridine rings is 1. The Balaban J connectivity index is 1.30. The van der Waals surface area contributed by atoms with Gasteiger partial charge in [-0.25, -0.2) is 0 Å². The van der Waals surface area contributed by atoms with E-state index in [0.29, 0.717) is 13.2 Å². The summed E-state index contributed by atoms with van der Waals surface area (Å²) in [5, 5.41) is 3.01. The Morgan fingerprint density at radius 2 is 1.79 bits per heavy atom. The van der Waals surface area contributed by atoms with Crippen LogP contribution in [0.5, 0.6) is 5.75 Å². The van der Waals surface area contributed by atoms with Crippen molar-refractivity contribution in [3.63, 3.8) is 0 Å². The van der Waals surface area contributed by atoms with Gasteiger partial charge >= 0.3 is 0 Å². The molecule has 0 atom stereocenters. The Morgan fingerprint density at radius 3 is 2.57 bits per heavy atom. The maximum atomic E-state index is 12.5. The minimum absolute atomic E-state index is 0.0229. The molecule has 0 saturated heterocycles. The molecule has 3 aromatic rings. The van der Waals surface area contributed by atoms with Crippen LogP contribution in [-0.4, -0.2) is 10.9 Å². The highest BCUT2D eigenvalue weighted by atomic mass is 16.5. The number of nitrogens with one attached hydrogen (secondary N) is 1. The van der Waals surface area contributed by atoms with E-state index in [1.165, 1.54) is 24.0 Å². The fraction of sp³-hybridized carbons (Fsp3) is 0.250. The Morgan fingerprint density at radius 1 is 0.964 bits per heavy atom. The van der Waals surface area contributed by atoms with Crippen molar-refractivity contribution in [2.45, 2.75) is 38.8 Å². The first-order chi connectivity index (χ1) is 13.8. The van der Waals surface area contributed by atoms with Crippen LogP contribution in [0.15, 0.2) is 67.0 Å². The lowest BCUT2D eigenvalue weighted by molar-refractivity contribution is 0.0951. The third kappa shape index (κ3) is 4.58. The molecular formula is C24H24N2O2. The minimum Gasteiger partial charge on any atom is -0.489 e. The number of aromatic nitrogens is 1. The van der Waals surface area contributed by atoms with E-state index in [1.54, 1.807) is 12.4 Å². The van der Waals surface area contributed by atoms with Crippen LogP contribution in [0.1, 0.15) is 45.5 Å². The summed E-state index contributed by atoms with van der Waals surface area (Å²) in [5.74, 6) is 0.777. The van der Waals surface area contributed by atoms with Gasteiger partial charge in [0.1, 0.15) is 12.4 Å². The third-order valence-electron chi connectivity index (χ3n) is 5.12. The van der Waals surface area contributed by atoms with Gasteiger partial charge in [0, 0.05) is 30.1 Å². The topological polar surface area (TPSA) is 51.2 Å². The molecular weight excluding hydrogens is 348 g/mol. The van der Waals surface area contributed by atoms with E-state index in [9.17, 15) is 4.79 Å². The first-order valence-corrected chi connectivity index (χ1v) is 9.78. The van der Waals surface area contributed by atoms with Gasteiger partial charge in [-0.1, -0.05) is 24.3 Å². The standard InChI is InChI=1S/C24H24N2O2/c27-24(22-10-9-20-5-1-2-6-21(20)14-22)26-16-18-7-11-23(12-8-18)28-17-19-4-3-13-25-15-19/h3-4,7-15H,1-2,5-6,16-17H2,(H,26,27). The van der Waals surface area contributed by atoms with Crippen LogP contribution in [0.4, 0.5) is 0 Å². The summed E-state index contributed by atoms with van der Waals surface area (Å²) < 4.78 is 5.77. The average Bonchev–Trinajstić information content (AvgIpc) is 2.77. The largest absolute Gasteiger partial charge is 0.489 e. The summed E-state index contributed by atoms with van der Waals surface area (Å²) in [4.78, 5) is 16.6. The van der Waals surface area contributed by atoms with Crippen LogP contribution in [0.25, 0.3) is 0 Å². The summed E-state index contributed by atoms with van der Waals surface area (Å²) in [7, 11) is 0. The van der Waals surface area contributed by atoms with Crippen LogP contribution in [0, 0.1) is 0 Å². The van der Waals surface area contributed by atoms with Crippen LogP contribution < -0.4 is 10.1 Å². The van der Waals surface area contributed by atoms with Crippen LogP contribution in [0.2, 0.25) is 0 Å². The zero-order chi connectivity index (χ0) is 19.2. The quantitative estimate of drug-likeness (QED) is 0.695. The molecule has 2 aromatic carbocycles. The number of amides is 1. The number of nitrogens with zero attached hydrogens (tertiary/aromatic N) is 1. The van der Waals surface area contributed by atoms with Crippen molar-refractivity contribution in [3.05, 3.63) is 94.8 Å². The Kier molecular flexibility index (Phi) is 5.66. The number of carbonyl (C=O) groups excluding carboxylic acids is 1. The highest BCUT2D eigenvalue weighted by Crippen LogP contribution is 2.22. The lowest BCUT2D eigenvalue weighted by atomic mass is 9.90. The van der Waals surface area contributed by atoms with E-state index in [1.807, 2.05) is 42.5 Å². The number of benzene rings is 2. The summed E-state index contributed by atoms with van der Waals surface area (Å²) in [6.45, 7) is 0.987. The van der Waals surface area contributed by atoms with Gasteiger partial charge < -0.3 is 10.1 Å². The number of ether oxygens (including phenoxy) is 1. The zero-order valence-electron chi connectivity index (χ0n) is 15.9. The molecule has 28 heavy (non-hydrogen) atoms. The van der Waals surface area contributed by atoms with Gasteiger partial charge in [-0.2, -0.15) is 0 Å². The molecule has 0 radical (unpaired) electrons. The molecule has 4 nitrogen and oxygen atoms in total. The predicted molar refractivity (Wildman–Crippen MR) is 109 cm³/mol. The van der Waals surface area contributed by atoms with Gasteiger partial charge in [-0.05, 0) is 72.7 Å². The smallest absolute Gasteiger partial charge is 0.251 e. The molecule has 1 aliphatic rings. The van der Waals surface area contributed by atoms with Crippen LogP contribution in [0.3, 0.4) is 0 Å². The maximum absolute atomic E-state index is 12.5. The van der Waals surface area contributed by atoms with Gasteiger partial charge in [-0.3, -0.25) is 9.78 Å². The number of hydrogen-bond donors (Lipinski definition) is 1. The first-order valence-electron chi connectivity index (χ1n) is 9.78. The van der Waals surface area contributed by atoms with Crippen molar-refractivity contribution in [1.29, 1.82) is 0 Å². The van der Waals surface area contributed by atoms with Gasteiger partial charge in [0.15, 0.2) is 0 Å². The molecule has 0 aliphatic heterocycles. The average molecular weight is 372 g/mol. The second kappa shape index (κ2) is 8.70. The molecule has 0 spiro atoms. The van der Waals surface area contributed by atoms with Gasteiger partial charge in [0.05, 0.1) is 0 Å². The molecule has 0 fully saturated rings. The van der Waals surface area contributed by atoms with Crippen molar-refractivity contribution >= 4 is 5.91 Å². The maximum Gasteiger partial charge on any atom is 0.251 e. The molecule has 1 heterocycles.